The van der Waals surface area contributed by atoms with Crippen LogP contribution in [0.5, 0.6) is 0 Å². The molecule has 1 saturated carbocycles. The van der Waals surface area contributed by atoms with Crippen molar-refractivity contribution in [2.75, 3.05) is 5.32 Å². The molecule has 1 aliphatic rings. The highest BCUT2D eigenvalue weighted by molar-refractivity contribution is 5.82. The highest BCUT2D eigenvalue weighted by Gasteiger charge is 2.24. The smallest absolute Gasteiger partial charge is 0.184 e. The minimum absolute atomic E-state index is 0.360. The second kappa shape index (κ2) is 4.51. The molecule has 0 aromatic carbocycles. The highest BCUT2D eigenvalue weighted by Crippen LogP contribution is 2.27. The molecule has 1 N–H and O–H groups in total. The monoisotopic (exact) mass is 246 g/mol. The van der Waals surface area contributed by atoms with Crippen molar-refractivity contribution in [2.45, 2.75) is 51.6 Å². The van der Waals surface area contributed by atoms with Gasteiger partial charge in [0.1, 0.15) is 6.33 Å². The Labute approximate surface area is 106 Å². The number of nitrogens with zero attached hydrogens (tertiary/aromatic N) is 5. The van der Waals surface area contributed by atoms with Crippen LogP contribution in [0.4, 0.5) is 5.82 Å². The summed E-state index contributed by atoms with van der Waals surface area (Å²) in [5.74, 6) is 0.819. The van der Waals surface area contributed by atoms with E-state index in [0.717, 1.165) is 29.8 Å². The number of nitrogens with one attached hydrogen (secondary N) is 1. The number of hydrogen-bond donors (Lipinski definition) is 1. The van der Waals surface area contributed by atoms with E-state index in [2.05, 4.69) is 39.4 Å². The molecular formula is C12H18N6. The number of aromatic nitrogens is 5. The van der Waals surface area contributed by atoms with Crippen LogP contribution in [0, 0.1) is 0 Å². The standard InChI is InChI=1S/C12H18N6/c1-3-9(4-2)18-12-10(16-17-18)11(13-7-14-12)15-8-5-6-8/h7-9H,3-6H2,1-2H3,(H,13,14,15). The molecule has 0 amide bonds. The van der Waals surface area contributed by atoms with Crippen LogP contribution in [0.25, 0.3) is 11.2 Å². The Kier molecular flexibility index (Phi) is 2.85. The van der Waals surface area contributed by atoms with Crippen LogP contribution in [-0.2, 0) is 0 Å². The van der Waals surface area contributed by atoms with Gasteiger partial charge in [0.25, 0.3) is 0 Å². The van der Waals surface area contributed by atoms with Crippen molar-refractivity contribution >= 4 is 17.0 Å². The van der Waals surface area contributed by atoms with E-state index < -0.39 is 0 Å². The molecule has 0 bridgehead atoms. The molecule has 0 atom stereocenters. The number of hydrogen-bond acceptors (Lipinski definition) is 5. The van der Waals surface area contributed by atoms with Crippen LogP contribution in [0.15, 0.2) is 6.33 Å². The zero-order chi connectivity index (χ0) is 12.5. The Bertz CT molecular complexity index is 540. The first-order chi connectivity index (χ1) is 8.83. The average Bonchev–Trinajstić information content (AvgIpc) is 3.10. The molecule has 0 aliphatic heterocycles. The minimum atomic E-state index is 0.360. The molecule has 1 aliphatic carbocycles. The van der Waals surface area contributed by atoms with Crippen LogP contribution in [0.2, 0.25) is 0 Å². The van der Waals surface area contributed by atoms with Gasteiger partial charge < -0.3 is 5.32 Å². The molecule has 3 rings (SSSR count). The normalized spacial score (nSPS) is 15.5. The van der Waals surface area contributed by atoms with Gasteiger partial charge in [-0.25, -0.2) is 14.6 Å². The van der Waals surface area contributed by atoms with E-state index in [9.17, 15) is 0 Å². The van der Waals surface area contributed by atoms with Gasteiger partial charge in [-0.2, -0.15) is 0 Å². The van der Waals surface area contributed by atoms with E-state index in [1.165, 1.54) is 12.8 Å². The maximum atomic E-state index is 4.33. The molecular weight excluding hydrogens is 228 g/mol. The van der Waals surface area contributed by atoms with Crippen molar-refractivity contribution in [3.8, 4) is 0 Å². The van der Waals surface area contributed by atoms with Crippen LogP contribution >= 0.6 is 0 Å². The number of fused-ring (bicyclic) bond motifs is 1. The second-order valence-corrected chi connectivity index (χ2v) is 4.82. The summed E-state index contributed by atoms with van der Waals surface area (Å²) in [5, 5.41) is 11.9. The van der Waals surface area contributed by atoms with Crippen LogP contribution in [0.3, 0.4) is 0 Å². The lowest BCUT2D eigenvalue weighted by Gasteiger charge is -2.12. The van der Waals surface area contributed by atoms with Crippen molar-refractivity contribution in [3.63, 3.8) is 0 Å². The Morgan fingerprint density at radius 1 is 1.33 bits per heavy atom. The van der Waals surface area contributed by atoms with Gasteiger partial charge in [-0.3, -0.25) is 0 Å². The molecule has 0 spiro atoms. The summed E-state index contributed by atoms with van der Waals surface area (Å²) in [7, 11) is 0. The summed E-state index contributed by atoms with van der Waals surface area (Å²) in [4.78, 5) is 8.61. The van der Waals surface area contributed by atoms with E-state index in [4.69, 9.17) is 0 Å². The Balaban J connectivity index is 2.02. The molecule has 2 aromatic rings. The first-order valence-corrected chi connectivity index (χ1v) is 6.65. The Morgan fingerprint density at radius 2 is 2.11 bits per heavy atom. The first-order valence-electron chi connectivity index (χ1n) is 6.65. The van der Waals surface area contributed by atoms with E-state index in [1.54, 1.807) is 6.33 Å². The van der Waals surface area contributed by atoms with Crippen LogP contribution in [-0.4, -0.2) is 31.0 Å². The molecule has 6 nitrogen and oxygen atoms in total. The van der Waals surface area contributed by atoms with Gasteiger partial charge in [0.15, 0.2) is 17.0 Å². The van der Waals surface area contributed by atoms with Crippen molar-refractivity contribution < 1.29 is 0 Å². The molecule has 0 radical (unpaired) electrons. The summed E-state index contributed by atoms with van der Waals surface area (Å²) in [5.41, 5.74) is 1.62. The maximum Gasteiger partial charge on any atom is 0.184 e. The van der Waals surface area contributed by atoms with Gasteiger partial charge in [-0.1, -0.05) is 19.1 Å². The predicted molar refractivity (Wildman–Crippen MR) is 69.4 cm³/mol. The van der Waals surface area contributed by atoms with Crippen molar-refractivity contribution in [1.82, 2.24) is 25.0 Å². The largest absolute Gasteiger partial charge is 0.365 e. The fourth-order valence-electron chi connectivity index (χ4n) is 2.17. The molecule has 18 heavy (non-hydrogen) atoms. The average molecular weight is 246 g/mol. The summed E-state index contributed by atoms with van der Waals surface area (Å²) in [6.45, 7) is 4.32. The highest BCUT2D eigenvalue weighted by atomic mass is 15.5. The van der Waals surface area contributed by atoms with Gasteiger partial charge >= 0.3 is 0 Å². The predicted octanol–water partition coefficient (Wildman–Crippen LogP) is 2.16. The third-order valence-corrected chi connectivity index (χ3v) is 3.47. The molecule has 2 aromatic heterocycles. The Hall–Kier alpha value is -1.72. The van der Waals surface area contributed by atoms with Gasteiger partial charge in [0, 0.05) is 6.04 Å². The molecule has 2 heterocycles. The molecule has 96 valence electrons. The molecule has 1 fully saturated rings. The van der Waals surface area contributed by atoms with E-state index >= 15 is 0 Å². The molecule has 6 heteroatoms. The number of rotatable bonds is 5. The fraction of sp³-hybridized carbons (Fsp3) is 0.667. The second-order valence-electron chi connectivity index (χ2n) is 4.82. The molecule has 0 unspecified atom stereocenters. The summed E-state index contributed by atoms with van der Waals surface area (Å²) in [6.07, 6.45) is 6.09. The van der Waals surface area contributed by atoms with E-state index in [-0.39, 0.29) is 0 Å². The van der Waals surface area contributed by atoms with Crippen molar-refractivity contribution in [2.24, 2.45) is 0 Å². The maximum absolute atomic E-state index is 4.33. The molecule has 0 saturated heterocycles. The van der Waals surface area contributed by atoms with Gasteiger partial charge in [0.2, 0.25) is 0 Å². The van der Waals surface area contributed by atoms with E-state index in [0.29, 0.717) is 12.1 Å². The quantitative estimate of drug-likeness (QED) is 0.875. The summed E-state index contributed by atoms with van der Waals surface area (Å²) >= 11 is 0. The fourth-order valence-corrected chi connectivity index (χ4v) is 2.17. The Morgan fingerprint density at radius 3 is 2.78 bits per heavy atom. The third-order valence-electron chi connectivity index (χ3n) is 3.47. The van der Waals surface area contributed by atoms with Gasteiger partial charge in [0.05, 0.1) is 6.04 Å². The van der Waals surface area contributed by atoms with Gasteiger partial charge in [-0.05, 0) is 25.7 Å². The van der Waals surface area contributed by atoms with Crippen LogP contribution < -0.4 is 5.32 Å². The lowest BCUT2D eigenvalue weighted by Crippen LogP contribution is -2.10. The SMILES string of the molecule is CCC(CC)n1nnc2c(NC3CC3)ncnc21. The minimum Gasteiger partial charge on any atom is -0.365 e. The summed E-state index contributed by atoms with van der Waals surface area (Å²) in [6, 6.07) is 0.917. The lowest BCUT2D eigenvalue weighted by atomic mass is 10.2. The van der Waals surface area contributed by atoms with Crippen LogP contribution in [0.1, 0.15) is 45.6 Å². The third kappa shape index (κ3) is 1.91. The zero-order valence-corrected chi connectivity index (χ0v) is 10.8. The lowest BCUT2D eigenvalue weighted by molar-refractivity contribution is 0.427. The first kappa shape index (κ1) is 11.4. The zero-order valence-electron chi connectivity index (χ0n) is 10.8. The van der Waals surface area contributed by atoms with E-state index in [1.807, 2.05) is 4.68 Å². The van der Waals surface area contributed by atoms with Crippen molar-refractivity contribution in [3.05, 3.63) is 6.33 Å². The van der Waals surface area contributed by atoms with Gasteiger partial charge in [-0.15, -0.1) is 5.10 Å². The number of anilines is 1. The topological polar surface area (TPSA) is 68.5 Å². The summed E-state index contributed by atoms with van der Waals surface area (Å²) < 4.78 is 1.93. The van der Waals surface area contributed by atoms with Crippen molar-refractivity contribution in [1.29, 1.82) is 0 Å².